The quantitative estimate of drug-likeness (QED) is 0.335. The molecule has 0 saturated heterocycles. The molecule has 0 fully saturated rings. The van der Waals surface area contributed by atoms with Gasteiger partial charge in [0.15, 0.2) is 6.10 Å². The number of hydrogen-bond donors (Lipinski definition) is 0. The molecule has 178 valence electrons. The van der Waals surface area contributed by atoms with Gasteiger partial charge in [-0.2, -0.15) is 4.31 Å². The molecule has 0 spiro atoms. The third kappa shape index (κ3) is 5.70. The van der Waals surface area contributed by atoms with Gasteiger partial charge in [-0.25, -0.2) is 13.2 Å². The van der Waals surface area contributed by atoms with Gasteiger partial charge in [0.2, 0.25) is 15.8 Å². The van der Waals surface area contributed by atoms with Crippen LogP contribution in [-0.2, 0) is 21.3 Å². The number of ether oxygens (including phenoxy) is 2. The number of sulfonamides is 1. The van der Waals surface area contributed by atoms with Crippen LogP contribution in [0.2, 0.25) is 0 Å². The van der Waals surface area contributed by atoms with Gasteiger partial charge in [0.1, 0.15) is 10.6 Å². The number of rotatable bonds is 9. The highest BCUT2D eigenvalue weighted by Gasteiger charge is 2.28. The zero-order chi connectivity index (χ0) is 24.9. The lowest BCUT2D eigenvalue weighted by molar-refractivity contribution is 0.0318. The molecule has 0 amide bonds. The summed E-state index contributed by atoms with van der Waals surface area (Å²) in [6.45, 7) is 3.53. The highest BCUT2D eigenvalue weighted by Crippen LogP contribution is 2.28. The minimum atomic E-state index is -3.99. The molecule has 0 N–H and O–H groups in total. The second-order valence-electron chi connectivity index (χ2n) is 7.89. The number of esters is 1. The van der Waals surface area contributed by atoms with Gasteiger partial charge in [-0.1, -0.05) is 60.2 Å². The van der Waals surface area contributed by atoms with Crippen molar-refractivity contribution in [1.82, 2.24) is 4.31 Å². The molecule has 0 heterocycles. The predicted octanol–water partition coefficient (Wildman–Crippen LogP) is 4.25. The number of benzene rings is 3. The molecular formula is C26H27NO6S. The van der Waals surface area contributed by atoms with E-state index in [0.29, 0.717) is 5.56 Å². The van der Waals surface area contributed by atoms with Crippen LogP contribution >= 0.6 is 0 Å². The van der Waals surface area contributed by atoms with Gasteiger partial charge in [0, 0.05) is 19.2 Å². The zero-order valence-electron chi connectivity index (χ0n) is 19.5. The number of Topliss-reactive ketones (excluding diaryl/α,β-unsaturated/α-hetero) is 1. The summed E-state index contributed by atoms with van der Waals surface area (Å²) in [5, 5.41) is 0. The molecule has 0 aliphatic rings. The van der Waals surface area contributed by atoms with Gasteiger partial charge in [0.05, 0.1) is 12.7 Å². The van der Waals surface area contributed by atoms with Crippen molar-refractivity contribution in [2.24, 2.45) is 0 Å². The van der Waals surface area contributed by atoms with E-state index >= 15 is 0 Å². The average Bonchev–Trinajstić information content (AvgIpc) is 2.84. The number of carbonyl (C=O) groups is 2. The molecular weight excluding hydrogens is 454 g/mol. The molecule has 3 aromatic rings. The fourth-order valence-corrected chi connectivity index (χ4v) is 4.67. The second-order valence-corrected chi connectivity index (χ2v) is 9.90. The minimum absolute atomic E-state index is 0.00366. The smallest absolute Gasteiger partial charge is 0.338 e. The van der Waals surface area contributed by atoms with Crippen LogP contribution in [0.25, 0.3) is 0 Å². The van der Waals surface area contributed by atoms with Crippen LogP contribution in [0.4, 0.5) is 0 Å². The Balaban J connectivity index is 1.82. The Kier molecular flexibility index (Phi) is 7.86. The Bertz CT molecular complexity index is 1270. The lowest BCUT2D eigenvalue weighted by Gasteiger charge is -2.20. The normalized spacial score (nSPS) is 12.3. The maximum absolute atomic E-state index is 13.3. The monoisotopic (exact) mass is 481 g/mol. The number of nitrogens with zero attached hydrogens (tertiary/aromatic N) is 1. The first-order valence-electron chi connectivity index (χ1n) is 10.6. The fourth-order valence-electron chi connectivity index (χ4n) is 3.33. The summed E-state index contributed by atoms with van der Waals surface area (Å²) in [7, 11) is -1.19. The Morgan fingerprint density at radius 1 is 0.941 bits per heavy atom. The second kappa shape index (κ2) is 10.6. The molecule has 1 atom stereocenters. The van der Waals surface area contributed by atoms with Crippen LogP contribution in [0.5, 0.6) is 5.75 Å². The Labute approximate surface area is 200 Å². The summed E-state index contributed by atoms with van der Waals surface area (Å²) in [5.74, 6) is -1.06. The first-order valence-corrected chi connectivity index (χ1v) is 12.1. The Morgan fingerprint density at radius 2 is 1.56 bits per heavy atom. The van der Waals surface area contributed by atoms with E-state index in [2.05, 4.69) is 0 Å². The summed E-state index contributed by atoms with van der Waals surface area (Å²) in [6, 6.07) is 20.1. The van der Waals surface area contributed by atoms with Crippen molar-refractivity contribution < 1.29 is 27.5 Å². The molecule has 0 aliphatic carbocycles. The summed E-state index contributed by atoms with van der Waals surface area (Å²) in [4.78, 5) is 25.2. The fraction of sp³-hybridized carbons (Fsp3) is 0.231. The standard InChI is InChI=1S/C26H27NO6S/c1-18-10-12-21(13-11-18)25(28)19(2)33-26(29)22-14-15-23(32-4)24(16-22)34(30,31)27(3)17-20-8-6-5-7-9-20/h5-16,19H,17H2,1-4H3. The molecule has 0 bridgehead atoms. The van der Waals surface area contributed by atoms with Crippen LogP contribution in [0, 0.1) is 6.92 Å². The molecule has 0 radical (unpaired) electrons. The van der Waals surface area contributed by atoms with E-state index < -0.39 is 22.1 Å². The molecule has 8 heteroatoms. The van der Waals surface area contributed by atoms with E-state index in [9.17, 15) is 18.0 Å². The van der Waals surface area contributed by atoms with Crippen LogP contribution in [0.15, 0.2) is 77.7 Å². The summed E-state index contributed by atoms with van der Waals surface area (Å²) in [6.07, 6.45) is -1.04. The molecule has 3 rings (SSSR count). The summed E-state index contributed by atoms with van der Waals surface area (Å²) < 4.78 is 38.3. The van der Waals surface area contributed by atoms with Crippen molar-refractivity contribution in [3.63, 3.8) is 0 Å². The highest BCUT2D eigenvalue weighted by atomic mass is 32.2. The molecule has 34 heavy (non-hydrogen) atoms. The number of hydrogen-bond acceptors (Lipinski definition) is 6. The Hall–Kier alpha value is -3.49. The van der Waals surface area contributed by atoms with Gasteiger partial charge in [-0.3, -0.25) is 4.79 Å². The first kappa shape index (κ1) is 25.1. The number of carbonyl (C=O) groups excluding carboxylic acids is 2. The number of ketones is 1. The lowest BCUT2D eigenvalue weighted by Crippen LogP contribution is -2.27. The lowest BCUT2D eigenvalue weighted by atomic mass is 10.1. The SMILES string of the molecule is COc1ccc(C(=O)OC(C)C(=O)c2ccc(C)cc2)cc1S(=O)(=O)N(C)Cc1ccccc1. The van der Waals surface area contributed by atoms with Gasteiger partial charge < -0.3 is 9.47 Å². The van der Waals surface area contributed by atoms with Crippen molar-refractivity contribution in [2.75, 3.05) is 14.2 Å². The van der Waals surface area contributed by atoms with Crippen LogP contribution in [0.1, 0.15) is 38.8 Å². The van der Waals surface area contributed by atoms with Gasteiger partial charge in [-0.15, -0.1) is 0 Å². The van der Waals surface area contributed by atoms with E-state index in [1.165, 1.54) is 43.6 Å². The van der Waals surface area contributed by atoms with Crippen molar-refractivity contribution >= 4 is 21.8 Å². The van der Waals surface area contributed by atoms with Gasteiger partial charge in [-0.05, 0) is 37.6 Å². The van der Waals surface area contributed by atoms with Gasteiger partial charge in [0.25, 0.3) is 0 Å². The molecule has 3 aromatic carbocycles. The van der Waals surface area contributed by atoms with Crippen LogP contribution in [-0.4, -0.2) is 44.7 Å². The number of methoxy groups -OCH3 is 1. The topological polar surface area (TPSA) is 90.0 Å². The molecule has 7 nitrogen and oxygen atoms in total. The third-order valence-corrected chi connectivity index (χ3v) is 7.15. The molecule has 0 aliphatic heterocycles. The van der Waals surface area contributed by atoms with Crippen molar-refractivity contribution in [1.29, 1.82) is 0 Å². The van der Waals surface area contributed by atoms with Crippen LogP contribution < -0.4 is 4.74 Å². The van der Waals surface area contributed by atoms with Crippen LogP contribution in [0.3, 0.4) is 0 Å². The van der Waals surface area contributed by atoms with Gasteiger partial charge >= 0.3 is 5.97 Å². The molecule has 1 unspecified atom stereocenters. The predicted molar refractivity (Wildman–Crippen MR) is 128 cm³/mol. The van der Waals surface area contributed by atoms with E-state index in [4.69, 9.17) is 9.47 Å². The molecule has 0 aromatic heterocycles. The number of aryl methyl sites for hydroxylation is 1. The maximum atomic E-state index is 13.3. The molecule has 0 saturated carbocycles. The minimum Gasteiger partial charge on any atom is -0.495 e. The summed E-state index contributed by atoms with van der Waals surface area (Å²) in [5.41, 5.74) is 2.24. The highest BCUT2D eigenvalue weighted by molar-refractivity contribution is 7.89. The summed E-state index contributed by atoms with van der Waals surface area (Å²) >= 11 is 0. The maximum Gasteiger partial charge on any atom is 0.338 e. The van der Waals surface area contributed by atoms with E-state index in [1.807, 2.05) is 37.3 Å². The van der Waals surface area contributed by atoms with Crippen molar-refractivity contribution in [3.8, 4) is 5.75 Å². The Morgan fingerprint density at radius 3 is 2.18 bits per heavy atom. The van der Waals surface area contributed by atoms with E-state index in [1.54, 1.807) is 24.3 Å². The van der Waals surface area contributed by atoms with E-state index in [-0.39, 0.29) is 28.5 Å². The largest absolute Gasteiger partial charge is 0.495 e. The van der Waals surface area contributed by atoms with Crippen molar-refractivity contribution in [3.05, 3.63) is 95.1 Å². The zero-order valence-corrected chi connectivity index (χ0v) is 20.3. The van der Waals surface area contributed by atoms with E-state index in [0.717, 1.165) is 11.1 Å². The van der Waals surface area contributed by atoms with Crippen molar-refractivity contribution in [2.45, 2.75) is 31.4 Å². The third-order valence-electron chi connectivity index (χ3n) is 5.32. The first-order chi connectivity index (χ1) is 16.1. The average molecular weight is 482 g/mol.